The minimum absolute atomic E-state index is 0.0947. The number of nitrogens with zero attached hydrogens (tertiary/aromatic N) is 4. The summed E-state index contributed by atoms with van der Waals surface area (Å²) in [6.07, 6.45) is 8.02. The molecular formula is C50H54BBrN4O4. The third-order valence-electron chi connectivity index (χ3n) is 9.24. The van der Waals surface area contributed by atoms with E-state index in [1.165, 1.54) is 43.7 Å². The van der Waals surface area contributed by atoms with Crippen molar-refractivity contribution in [2.45, 2.75) is 79.1 Å². The number of benzene rings is 6. The van der Waals surface area contributed by atoms with Crippen molar-refractivity contribution >= 4 is 62.8 Å². The van der Waals surface area contributed by atoms with Crippen molar-refractivity contribution in [1.29, 1.82) is 0 Å². The van der Waals surface area contributed by atoms with Gasteiger partial charge in [0.2, 0.25) is 0 Å². The molecular weight excluding hydrogens is 811 g/mol. The van der Waals surface area contributed by atoms with Crippen LogP contribution in [0.15, 0.2) is 171 Å². The number of hydrogen-bond donors (Lipinski definition) is 2. The Morgan fingerprint density at radius 3 is 1.10 bits per heavy atom. The average molecular weight is 866 g/mol. The maximum atomic E-state index is 11.2. The van der Waals surface area contributed by atoms with Gasteiger partial charge in [0.1, 0.15) is 11.6 Å². The molecule has 6 aromatic rings. The third kappa shape index (κ3) is 17.7. The lowest BCUT2D eigenvalue weighted by molar-refractivity contribution is -0.117. The standard InChI is InChI=1S/C25H26N2O.C16H17BrN2.C9H11BO3/c1-3-4-5-20-8-14-24(15-9-20)26-27-25-16-12-23(13-17-25)22-10-6-21(7-11-22)18-19(2)28;1-2-3-4-13-5-9-15(10-6-13)18-19-16-11-7-14(17)8-12-16;1-7(11)6-8-2-4-9(5-3-8)10(12)13/h6-17H,3-5,18H2,1-2H3;5-12H,2-4H2,1H3;2-5,12-13H,6H2,1H3. The Balaban J connectivity index is 0.000000214. The normalized spacial score (nSPS) is 10.8. The van der Waals surface area contributed by atoms with Crippen LogP contribution in [0.2, 0.25) is 0 Å². The molecule has 0 aromatic heterocycles. The van der Waals surface area contributed by atoms with Gasteiger partial charge in [0.05, 0.1) is 22.7 Å². The summed E-state index contributed by atoms with van der Waals surface area (Å²) in [5.41, 5.74) is 10.8. The predicted octanol–water partition coefficient (Wildman–Crippen LogP) is 12.9. The van der Waals surface area contributed by atoms with E-state index in [9.17, 15) is 9.59 Å². The fourth-order valence-electron chi connectivity index (χ4n) is 5.88. The fraction of sp³-hybridized carbons (Fsp3) is 0.240. The molecule has 0 amide bonds. The van der Waals surface area contributed by atoms with Crippen molar-refractivity contribution in [2.24, 2.45) is 20.5 Å². The van der Waals surface area contributed by atoms with Gasteiger partial charge in [-0.25, -0.2) is 0 Å². The number of ketones is 2. The van der Waals surface area contributed by atoms with Crippen LogP contribution in [0, 0.1) is 0 Å². The molecule has 6 rings (SSSR count). The maximum absolute atomic E-state index is 11.2. The fourth-order valence-corrected chi connectivity index (χ4v) is 6.14. The second-order valence-corrected chi connectivity index (χ2v) is 15.4. The molecule has 2 N–H and O–H groups in total. The summed E-state index contributed by atoms with van der Waals surface area (Å²) in [4.78, 5) is 21.9. The minimum atomic E-state index is -1.44. The molecule has 0 radical (unpaired) electrons. The first-order valence-electron chi connectivity index (χ1n) is 20.4. The number of hydrogen-bond acceptors (Lipinski definition) is 8. The van der Waals surface area contributed by atoms with E-state index in [1.807, 2.05) is 84.9 Å². The lowest BCUT2D eigenvalue weighted by Gasteiger charge is -2.04. The van der Waals surface area contributed by atoms with Gasteiger partial charge < -0.3 is 10.0 Å². The van der Waals surface area contributed by atoms with Crippen LogP contribution in [0.5, 0.6) is 0 Å². The van der Waals surface area contributed by atoms with Crippen LogP contribution in [0.25, 0.3) is 11.1 Å². The largest absolute Gasteiger partial charge is 0.488 e. The van der Waals surface area contributed by atoms with Crippen LogP contribution in [-0.2, 0) is 35.3 Å². The Morgan fingerprint density at radius 2 is 0.767 bits per heavy atom. The van der Waals surface area contributed by atoms with E-state index in [0.29, 0.717) is 18.3 Å². The van der Waals surface area contributed by atoms with Crippen molar-refractivity contribution in [3.63, 3.8) is 0 Å². The third-order valence-corrected chi connectivity index (χ3v) is 9.77. The lowest BCUT2D eigenvalue weighted by atomic mass is 9.80. The second-order valence-electron chi connectivity index (χ2n) is 14.5. The maximum Gasteiger partial charge on any atom is 0.488 e. The van der Waals surface area contributed by atoms with Crippen molar-refractivity contribution < 1.29 is 19.6 Å². The zero-order valence-corrected chi connectivity index (χ0v) is 36.6. The molecule has 0 heterocycles. The van der Waals surface area contributed by atoms with E-state index >= 15 is 0 Å². The van der Waals surface area contributed by atoms with Gasteiger partial charge in [-0.3, -0.25) is 9.59 Å². The van der Waals surface area contributed by atoms with Crippen LogP contribution in [0.3, 0.4) is 0 Å². The lowest BCUT2D eigenvalue weighted by Crippen LogP contribution is -2.29. The average Bonchev–Trinajstić information content (AvgIpc) is 3.25. The van der Waals surface area contributed by atoms with E-state index < -0.39 is 7.12 Å². The molecule has 0 atom stereocenters. The minimum Gasteiger partial charge on any atom is -0.423 e. The van der Waals surface area contributed by atoms with Crippen molar-refractivity contribution in [1.82, 2.24) is 0 Å². The Kier molecular flexibility index (Phi) is 20.2. The number of unbranched alkanes of at least 4 members (excludes halogenated alkanes) is 2. The number of Topliss-reactive ketones (excluding diaryl/α,β-unsaturated/α-hetero) is 2. The first-order valence-corrected chi connectivity index (χ1v) is 21.2. The van der Waals surface area contributed by atoms with Gasteiger partial charge >= 0.3 is 7.12 Å². The zero-order valence-electron chi connectivity index (χ0n) is 35.0. The van der Waals surface area contributed by atoms with Crippen LogP contribution >= 0.6 is 15.9 Å². The Hall–Kier alpha value is -5.68. The van der Waals surface area contributed by atoms with Gasteiger partial charge in [-0.15, -0.1) is 0 Å². The molecule has 6 aromatic carbocycles. The molecule has 308 valence electrons. The Labute approximate surface area is 363 Å². The number of aryl methyl sites for hydroxylation is 2. The molecule has 60 heavy (non-hydrogen) atoms. The summed E-state index contributed by atoms with van der Waals surface area (Å²) in [6.45, 7) is 7.55. The van der Waals surface area contributed by atoms with Crippen molar-refractivity contribution in [2.75, 3.05) is 0 Å². The summed E-state index contributed by atoms with van der Waals surface area (Å²) in [7, 11) is -1.44. The monoisotopic (exact) mass is 864 g/mol. The number of halogens is 1. The number of rotatable bonds is 16. The van der Waals surface area contributed by atoms with Gasteiger partial charge in [0.15, 0.2) is 0 Å². The van der Waals surface area contributed by atoms with Crippen LogP contribution in [0.4, 0.5) is 22.7 Å². The zero-order chi connectivity index (χ0) is 43.1. The number of carbonyl (C=O) groups excluding carboxylic acids is 2. The summed E-state index contributed by atoms with van der Waals surface area (Å²) in [6, 6.07) is 47.2. The highest BCUT2D eigenvalue weighted by Gasteiger charge is 2.10. The molecule has 0 fully saturated rings. The first-order chi connectivity index (χ1) is 29.0. The smallest absolute Gasteiger partial charge is 0.423 e. The number of carbonyl (C=O) groups is 2. The highest BCUT2D eigenvalue weighted by atomic mass is 79.9. The van der Waals surface area contributed by atoms with Gasteiger partial charge in [0, 0.05) is 17.3 Å². The molecule has 0 spiro atoms. The van der Waals surface area contributed by atoms with Crippen LogP contribution in [-0.4, -0.2) is 28.7 Å². The van der Waals surface area contributed by atoms with Gasteiger partial charge in [-0.05, 0) is 139 Å². The second kappa shape index (κ2) is 25.7. The molecule has 0 aliphatic rings. The molecule has 0 unspecified atom stereocenters. The number of azo groups is 2. The summed E-state index contributed by atoms with van der Waals surface area (Å²) >= 11 is 3.40. The molecule has 0 bridgehead atoms. The van der Waals surface area contributed by atoms with Gasteiger partial charge in [-0.1, -0.05) is 128 Å². The summed E-state index contributed by atoms with van der Waals surface area (Å²) in [5.74, 6) is 0.273. The van der Waals surface area contributed by atoms with Crippen LogP contribution < -0.4 is 5.46 Å². The highest BCUT2D eigenvalue weighted by Crippen LogP contribution is 2.25. The predicted molar refractivity (Wildman–Crippen MR) is 250 cm³/mol. The van der Waals surface area contributed by atoms with Crippen molar-refractivity contribution in [3.8, 4) is 11.1 Å². The quantitative estimate of drug-likeness (QED) is 0.0742. The first kappa shape index (κ1) is 47.0. The van der Waals surface area contributed by atoms with E-state index in [4.69, 9.17) is 10.0 Å². The Morgan fingerprint density at radius 1 is 0.467 bits per heavy atom. The molecule has 10 heteroatoms. The molecule has 0 aliphatic carbocycles. The molecule has 0 aliphatic heterocycles. The van der Waals surface area contributed by atoms with Gasteiger partial charge in [0.25, 0.3) is 0 Å². The Bertz CT molecular complexity index is 2240. The van der Waals surface area contributed by atoms with Crippen molar-refractivity contribution in [3.05, 3.63) is 172 Å². The van der Waals surface area contributed by atoms with E-state index in [-0.39, 0.29) is 11.6 Å². The SMILES string of the molecule is CC(=O)Cc1ccc(B(O)O)cc1.CCCCc1ccc(N=Nc2ccc(-c3ccc(CC(C)=O)cc3)cc2)cc1.CCCCc1ccc(N=Nc2ccc(Br)cc2)cc1. The highest BCUT2D eigenvalue weighted by molar-refractivity contribution is 9.10. The van der Waals surface area contributed by atoms with E-state index in [2.05, 4.69) is 86.6 Å². The van der Waals surface area contributed by atoms with E-state index in [1.54, 1.807) is 31.2 Å². The molecule has 8 nitrogen and oxygen atoms in total. The topological polar surface area (TPSA) is 124 Å². The van der Waals surface area contributed by atoms with Crippen LogP contribution in [0.1, 0.15) is 75.6 Å². The summed E-state index contributed by atoms with van der Waals surface area (Å²) < 4.78 is 1.05. The van der Waals surface area contributed by atoms with Gasteiger partial charge in [-0.2, -0.15) is 20.5 Å². The van der Waals surface area contributed by atoms with E-state index in [0.717, 1.165) is 62.3 Å². The molecule has 0 saturated heterocycles. The summed E-state index contributed by atoms with van der Waals surface area (Å²) in [5, 5.41) is 34.7. The molecule has 0 saturated carbocycles.